The summed E-state index contributed by atoms with van der Waals surface area (Å²) < 4.78 is 32.4. The van der Waals surface area contributed by atoms with Gasteiger partial charge in [0.1, 0.15) is 5.75 Å². The summed E-state index contributed by atoms with van der Waals surface area (Å²) in [5.74, 6) is -0.743. The third-order valence-corrected chi connectivity index (χ3v) is 7.16. The van der Waals surface area contributed by atoms with Crippen LogP contribution in [-0.2, 0) is 10.0 Å². The average molecular weight is 446 g/mol. The molecule has 0 spiro atoms. The van der Waals surface area contributed by atoms with Crippen LogP contribution in [0.4, 0.5) is 11.4 Å². The second-order valence-electron chi connectivity index (χ2n) is 7.38. The summed E-state index contributed by atoms with van der Waals surface area (Å²) in [7, 11) is -1.88. The molecule has 1 aromatic heterocycles. The van der Waals surface area contributed by atoms with E-state index in [2.05, 4.69) is 0 Å². The molecule has 9 nitrogen and oxygen atoms in total. The van der Waals surface area contributed by atoms with Crippen molar-refractivity contribution in [3.8, 4) is 22.8 Å². The Bertz CT molecular complexity index is 1300. The topological polar surface area (TPSA) is 132 Å². The van der Waals surface area contributed by atoms with E-state index in [1.54, 1.807) is 18.0 Å². The zero-order chi connectivity index (χ0) is 22.3. The van der Waals surface area contributed by atoms with Gasteiger partial charge in [-0.15, -0.1) is 0 Å². The van der Waals surface area contributed by atoms with Crippen molar-refractivity contribution < 1.29 is 28.2 Å². The minimum atomic E-state index is -3.58. The van der Waals surface area contributed by atoms with Crippen LogP contribution < -0.4 is 14.6 Å². The van der Waals surface area contributed by atoms with Crippen molar-refractivity contribution >= 4 is 32.4 Å². The van der Waals surface area contributed by atoms with Crippen LogP contribution in [0.5, 0.6) is 11.5 Å². The van der Waals surface area contributed by atoms with Gasteiger partial charge in [-0.1, -0.05) is 0 Å². The van der Waals surface area contributed by atoms with Gasteiger partial charge in [0, 0.05) is 31.4 Å². The van der Waals surface area contributed by atoms with Crippen molar-refractivity contribution in [1.29, 1.82) is 0 Å². The Kier molecular flexibility index (Phi) is 5.28. The van der Waals surface area contributed by atoms with Crippen molar-refractivity contribution in [1.82, 2.24) is 0 Å². The van der Waals surface area contributed by atoms with Gasteiger partial charge in [0.15, 0.2) is 11.3 Å². The number of anilines is 2. The highest BCUT2D eigenvalue weighted by Gasteiger charge is 2.32. The van der Waals surface area contributed by atoms with E-state index in [-0.39, 0.29) is 53.6 Å². The highest BCUT2D eigenvalue weighted by Crippen LogP contribution is 2.39. The summed E-state index contributed by atoms with van der Waals surface area (Å²) in [6, 6.07) is 8.84. The Morgan fingerprint density at radius 1 is 1.16 bits per heavy atom. The predicted octanol–water partition coefficient (Wildman–Crippen LogP) is 1.84. The first kappa shape index (κ1) is 21.0. The fourth-order valence-corrected chi connectivity index (χ4v) is 5.22. The third-order valence-electron chi connectivity index (χ3n) is 5.31. The van der Waals surface area contributed by atoms with Crippen molar-refractivity contribution in [3.63, 3.8) is 0 Å². The monoisotopic (exact) mass is 446 g/mol. The molecule has 1 aliphatic rings. The number of likely N-dealkylation sites (N-methyl/N-ethyl adjacent to an activating group) is 1. The maximum absolute atomic E-state index is 13.1. The standard InChI is InChI=1S/C21H22N2O7S/c1-22(8-9-24)14-11-16-18(26)19(27)20(13-3-5-15(25)6-4-13)30-21(16)17(12-14)23-7-2-10-31(23,28)29/h3-6,11-12,24-25,27H,2,7-10H2,1H3. The molecule has 0 bridgehead atoms. The highest BCUT2D eigenvalue weighted by atomic mass is 32.2. The SMILES string of the molecule is CN(CCO)c1cc(N2CCCS2(=O)=O)c2oc(-c3ccc(O)cc3)c(O)c(=O)c2c1. The molecule has 0 radical (unpaired) electrons. The lowest BCUT2D eigenvalue weighted by Crippen LogP contribution is -2.27. The lowest BCUT2D eigenvalue weighted by atomic mass is 10.1. The Hall–Kier alpha value is -3.24. The number of phenolic OH excluding ortho intramolecular Hbond substituents is 1. The largest absolute Gasteiger partial charge is 0.508 e. The maximum atomic E-state index is 13.1. The van der Waals surface area contributed by atoms with Gasteiger partial charge in [0.2, 0.25) is 21.2 Å². The quantitative estimate of drug-likeness (QED) is 0.541. The fraction of sp³-hybridized carbons (Fsp3) is 0.286. The van der Waals surface area contributed by atoms with Crippen LogP contribution in [0.15, 0.2) is 45.6 Å². The lowest BCUT2D eigenvalue weighted by Gasteiger charge is -2.23. The summed E-state index contributed by atoms with van der Waals surface area (Å²) >= 11 is 0. The minimum Gasteiger partial charge on any atom is -0.508 e. The van der Waals surface area contributed by atoms with Gasteiger partial charge >= 0.3 is 0 Å². The molecular weight excluding hydrogens is 424 g/mol. The van der Waals surface area contributed by atoms with E-state index < -0.39 is 21.2 Å². The van der Waals surface area contributed by atoms with E-state index in [0.717, 1.165) is 0 Å². The number of benzene rings is 2. The second kappa shape index (κ2) is 7.78. The zero-order valence-electron chi connectivity index (χ0n) is 16.8. The number of aromatic hydroxyl groups is 2. The van der Waals surface area contributed by atoms with Crippen LogP contribution in [0.3, 0.4) is 0 Å². The Morgan fingerprint density at radius 3 is 2.48 bits per heavy atom. The molecule has 164 valence electrons. The molecule has 0 aliphatic carbocycles. The lowest BCUT2D eigenvalue weighted by molar-refractivity contribution is 0.304. The van der Waals surface area contributed by atoms with Gasteiger partial charge in [-0.25, -0.2) is 8.42 Å². The number of sulfonamides is 1. The van der Waals surface area contributed by atoms with E-state index in [9.17, 15) is 28.5 Å². The molecule has 0 atom stereocenters. The molecule has 1 fully saturated rings. The Morgan fingerprint density at radius 2 is 1.87 bits per heavy atom. The van der Waals surface area contributed by atoms with Gasteiger partial charge in [0.05, 0.1) is 23.4 Å². The zero-order valence-corrected chi connectivity index (χ0v) is 17.6. The maximum Gasteiger partial charge on any atom is 0.235 e. The predicted molar refractivity (Wildman–Crippen MR) is 117 cm³/mol. The normalized spacial score (nSPS) is 15.5. The van der Waals surface area contributed by atoms with Gasteiger partial charge in [-0.2, -0.15) is 0 Å². The molecule has 2 heterocycles. The van der Waals surface area contributed by atoms with Crippen LogP contribution >= 0.6 is 0 Å². The molecule has 2 aromatic carbocycles. The third kappa shape index (κ3) is 3.68. The molecular formula is C21H22N2O7S. The number of aliphatic hydroxyl groups excluding tert-OH is 1. The number of fused-ring (bicyclic) bond motifs is 1. The van der Waals surface area contributed by atoms with E-state index in [0.29, 0.717) is 17.7 Å². The van der Waals surface area contributed by atoms with Gasteiger partial charge in [0.25, 0.3) is 0 Å². The molecule has 10 heteroatoms. The first-order chi connectivity index (χ1) is 14.7. The van der Waals surface area contributed by atoms with E-state index in [4.69, 9.17) is 4.42 Å². The fourth-order valence-electron chi connectivity index (χ4n) is 3.66. The summed E-state index contributed by atoms with van der Waals surface area (Å²) in [6.07, 6.45) is 0.438. The molecule has 4 rings (SSSR count). The van der Waals surface area contributed by atoms with E-state index >= 15 is 0 Å². The number of nitrogens with zero attached hydrogens (tertiary/aromatic N) is 2. The van der Waals surface area contributed by atoms with Crippen molar-refractivity contribution in [3.05, 3.63) is 46.6 Å². The first-order valence-corrected chi connectivity index (χ1v) is 11.3. The number of hydrogen-bond acceptors (Lipinski definition) is 8. The summed E-state index contributed by atoms with van der Waals surface area (Å²) in [5, 5.41) is 29.4. The van der Waals surface area contributed by atoms with Crippen molar-refractivity contribution in [2.75, 3.05) is 41.7 Å². The van der Waals surface area contributed by atoms with Crippen molar-refractivity contribution in [2.24, 2.45) is 0 Å². The number of hydrogen-bond donors (Lipinski definition) is 3. The molecule has 0 amide bonds. The highest BCUT2D eigenvalue weighted by molar-refractivity contribution is 7.93. The number of rotatable bonds is 5. The molecule has 0 unspecified atom stereocenters. The Labute approximate surface area is 178 Å². The van der Waals surface area contributed by atoms with Gasteiger partial charge in [-0.3, -0.25) is 9.10 Å². The van der Waals surface area contributed by atoms with Crippen LogP contribution in [0.1, 0.15) is 6.42 Å². The molecule has 3 aromatic rings. The van der Waals surface area contributed by atoms with Gasteiger partial charge < -0.3 is 24.6 Å². The molecule has 3 N–H and O–H groups in total. The Balaban J connectivity index is 2.04. The summed E-state index contributed by atoms with van der Waals surface area (Å²) in [5.41, 5.74) is 0.388. The van der Waals surface area contributed by atoms with Crippen molar-refractivity contribution in [2.45, 2.75) is 6.42 Å². The molecule has 31 heavy (non-hydrogen) atoms. The molecule has 0 saturated carbocycles. The summed E-state index contributed by atoms with van der Waals surface area (Å²) in [4.78, 5) is 14.7. The molecule has 1 aliphatic heterocycles. The second-order valence-corrected chi connectivity index (χ2v) is 9.40. The number of phenols is 1. The van der Waals surface area contributed by atoms with Crippen LogP contribution in [0.25, 0.3) is 22.3 Å². The van der Waals surface area contributed by atoms with Crippen LogP contribution in [0.2, 0.25) is 0 Å². The summed E-state index contributed by atoms with van der Waals surface area (Å²) in [6.45, 7) is 0.371. The van der Waals surface area contributed by atoms with Crippen LogP contribution in [-0.4, -0.2) is 56.2 Å². The van der Waals surface area contributed by atoms with E-state index in [1.165, 1.54) is 34.6 Å². The average Bonchev–Trinajstić information content (AvgIpc) is 3.09. The molecule has 1 saturated heterocycles. The number of aliphatic hydroxyl groups is 1. The smallest absolute Gasteiger partial charge is 0.235 e. The van der Waals surface area contributed by atoms with E-state index in [1.807, 2.05) is 0 Å². The minimum absolute atomic E-state index is 0.00628. The van der Waals surface area contributed by atoms with Crippen LogP contribution in [0, 0.1) is 0 Å². The first-order valence-electron chi connectivity index (χ1n) is 9.68. The van der Waals surface area contributed by atoms with Gasteiger partial charge in [-0.05, 0) is 42.8 Å².